The van der Waals surface area contributed by atoms with Gasteiger partial charge >= 0.3 is 0 Å². The number of hydrogen-bond acceptors (Lipinski definition) is 4. The molecular weight excluding hydrogens is 194 g/mol. The summed E-state index contributed by atoms with van der Waals surface area (Å²) in [6.45, 7) is 0.977. The van der Waals surface area contributed by atoms with Crippen LogP contribution in [0.4, 0.5) is 11.4 Å². The van der Waals surface area contributed by atoms with Gasteiger partial charge in [0, 0.05) is 24.8 Å². The summed E-state index contributed by atoms with van der Waals surface area (Å²) in [7, 11) is 0. The summed E-state index contributed by atoms with van der Waals surface area (Å²) in [5.41, 5.74) is 12.4. The number of amides is 1. The van der Waals surface area contributed by atoms with Gasteiger partial charge in [0.25, 0.3) is 5.91 Å². The van der Waals surface area contributed by atoms with Crippen LogP contribution in [-0.4, -0.2) is 25.6 Å². The molecule has 1 amide bonds. The van der Waals surface area contributed by atoms with Crippen molar-refractivity contribution in [2.75, 3.05) is 30.3 Å². The highest BCUT2D eigenvalue weighted by molar-refractivity contribution is 5.98. The summed E-state index contributed by atoms with van der Waals surface area (Å²) in [6.07, 6.45) is 0. The van der Waals surface area contributed by atoms with Crippen molar-refractivity contribution in [3.05, 3.63) is 18.2 Å². The number of carbonyl (C=O) groups is 1. The van der Waals surface area contributed by atoms with Crippen LogP contribution in [0, 0.1) is 0 Å². The second-order valence-electron chi connectivity index (χ2n) is 3.35. The second kappa shape index (κ2) is 3.78. The number of fused-ring (bicyclic) bond motifs is 1. The molecule has 2 rings (SSSR count). The molecule has 0 spiro atoms. The molecule has 0 fully saturated rings. The fraction of sp³-hybridized carbons (Fsp3) is 0.300. The first-order valence-corrected chi connectivity index (χ1v) is 4.75. The van der Waals surface area contributed by atoms with E-state index in [9.17, 15) is 4.79 Å². The Bertz CT molecular complexity index is 392. The quantitative estimate of drug-likeness (QED) is 0.666. The predicted octanol–water partition coefficient (Wildman–Crippen LogP) is -0.0471. The molecule has 5 nitrogen and oxygen atoms in total. The van der Waals surface area contributed by atoms with E-state index in [1.165, 1.54) is 0 Å². The molecule has 0 aliphatic carbocycles. The topological polar surface area (TPSA) is 81.6 Å². The minimum atomic E-state index is -0.0716. The van der Waals surface area contributed by atoms with Gasteiger partial charge in [-0.3, -0.25) is 4.79 Å². The number of rotatable bonds is 2. The molecule has 80 valence electrons. The summed E-state index contributed by atoms with van der Waals surface area (Å²) < 4.78 is 5.28. The number of nitrogens with two attached hydrogens (primary N) is 2. The van der Waals surface area contributed by atoms with Crippen LogP contribution < -0.4 is 21.1 Å². The first kappa shape index (κ1) is 9.79. The minimum Gasteiger partial charge on any atom is -0.481 e. The summed E-state index contributed by atoms with van der Waals surface area (Å²) in [4.78, 5) is 13.2. The van der Waals surface area contributed by atoms with E-state index in [2.05, 4.69) is 0 Å². The molecule has 0 radical (unpaired) electrons. The Morgan fingerprint density at radius 3 is 3.00 bits per heavy atom. The maximum atomic E-state index is 11.5. The number of benzene rings is 1. The van der Waals surface area contributed by atoms with E-state index in [4.69, 9.17) is 16.2 Å². The predicted molar refractivity (Wildman–Crippen MR) is 57.8 cm³/mol. The van der Waals surface area contributed by atoms with Gasteiger partial charge in [-0.25, -0.2) is 0 Å². The largest absolute Gasteiger partial charge is 0.481 e. The third-order valence-electron chi connectivity index (χ3n) is 2.28. The normalized spacial score (nSPS) is 14.7. The van der Waals surface area contributed by atoms with Crippen molar-refractivity contribution >= 4 is 17.3 Å². The van der Waals surface area contributed by atoms with Gasteiger partial charge in [0.05, 0.1) is 5.69 Å². The molecule has 0 aromatic heterocycles. The van der Waals surface area contributed by atoms with E-state index in [0.717, 1.165) is 5.69 Å². The molecule has 5 heteroatoms. The lowest BCUT2D eigenvalue weighted by Gasteiger charge is -2.29. The maximum absolute atomic E-state index is 11.5. The zero-order valence-electron chi connectivity index (χ0n) is 8.27. The highest BCUT2D eigenvalue weighted by Crippen LogP contribution is 2.33. The Hall–Kier alpha value is -1.75. The molecule has 0 saturated heterocycles. The van der Waals surface area contributed by atoms with E-state index in [1.807, 2.05) is 0 Å². The summed E-state index contributed by atoms with van der Waals surface area (Å²) in [5.74, 6) is 0.570. The van der Waals surface area contributed by atoms with Gasteiger partial charge in [-0.15, -0.1) is 0 Å². The van der Waals surface area contributed by atoms with Crippen LogP contribution in [0.5, 0.6) is 5.75 Å². The monoisotopic (exact) mass is 207 g/mol. The van der Waals surface area contributed by atoms with Crippen molar-refractivity contribution in [2.24, 2.45) is 5.73 Å². The van der Waals surface area contributed by atoms with Crippen LogP contribution >= 0.6 is 0 Å². The van der Waals surface area contributed by atoms with Gasteiger partial charge in [-0.2, -0.15) is 0 Å². The lowest BCUT2D eigenvalue weighted by atomic mass is 10.2. The Morgan fingerprint density at radius 2 is 2.27 bits per heavy atom. The van der Waals surface area contributed by atoms with Crippen molar-refractivity contribution < 1.29 is 9.53 Å². The van der Waals surface area contributed by atoms with Crippen LogP contribution in [0.25, 0.3) is 0 Å². The molecule has 0 saturated carbocycles. The third kappa shape index (κ3) is 1.73. The van der Waals surface area contributed by atoms with Crippen LogP contribution in [0.2, 0.25) is 0 Å². The molecule has 1 heterocycles. The van der Waals surface area contributed by atoms with Crippen LogP contribution in [0.3, 0.4) is 0 Å². The molecule has 0 bridgehead atoms. The number of carbonyl (C=O) groups excluding carboxylic acids is 1. The summed E-state index contributed by atoms with van der Waals surface area (Å²) >= 11 is 0. The lowest BCUT2D eigenvalue weighted by Crippen LogP contribution is -2.41. The van der Waals surface area contributed by atoms with Crippen LogP contribution in [-0.2, 0) is 4.79 Å². The van der Waals surface area contributed by atoms with Gasteiger partial charge < -0.3 is 21.1 Å². The van der Waals surface area contributed by atoms with Crippen molar-refractivity contribution in [2.45, 2.75) is 0 Å². The van der Waals surface area contributed by atoms with Crippen molar-refractivity contribution in [3.63, 3.8) is 0 Å². The molecule has 4 N–H and O–H groups in total. The highest BCUT2D eigenvalue weighted by atomic mass is 16.5. The Kier molecular flexibility index (Phi) is 2.47. The smallest absolute Gasteiger partial charge is 0.265 e. The molecule has 1 aliphatic heterocycles. The fourth-order valence-corrected chi connectivity index (χ4v) is 1.60. The zero-order chi connectivity index (χ0) is 10.8. The van der Waals surface area contributed by atoms with E-state index < -0.39 is 0 Å². The minimum absolute atomic E-state index is 0.0520. The van der Waals surface area contributed by atoms with Gasteiger partial charge in [0.1, 0.15) is 5.75 Å². The van der Waals surface area contributed by atoms with Crippen LogP contribution in [0.1, 0.15) is 0 Å². The molecule has 1 aliphatic rings. The Balaban J connectivity index is 2.39. The Labute approximate surface area is 87.6 Å². The highest BCUT2D eigenvalue weighted by Gasteiger charge is 2.24. The fourth-order valence-electron chi connectivity index (χ4n) is 1.60. The van der Waals surface area contributed by atoms with E-state index >= 15 is 0 Å². The molecule has 0 unspecified atom stereocenters. The second-order valence-corrected chi connectivity index (χ2v) is 3.35. The zero-order valence-corrected chi connectivity index (χ0v) is 8.27. The van der Waals surface area contributed by atoms with E-state index in [1.54, 1.807) is 23.1 Å². The summed E-state index contributed by atoms with van der Waals surface area (Å²) in [6, 6.07) is 5.23. The standard InChI is InChI=1S/C10H13N3O2/c11-3-4-13-8-2-1-7(12)5-9(8)15-6-10(13)14/h1-2,5H,3-4,6,11-12H2. The lowest BCUT2D eigenvalue weighted by molar-refractivity contribution is -0.121. The average molecular weight is 207 g/mol. The SMILES string of the molecule is NCCN1C(=O)COc2cc(N)ccc21. The first-order chi connectivity index (χ1) is 7.22. The third-order valence-corrected chi connectivity index (χ3v) is 2.28. The van der Waals surface area contributed by atoms with E-state index in [-0.39, 0.29) is 12.5 Å². The maximum Gasteiger partial charge on any atom is 0.265 e. The average Bonchev–Trinajstić information content (AvgIpc) is 2.22. The first-order valence-electron chi connectivity index (χ1n) is 4.75. The molecular formula is C10H13N3O2. The van der Waals surface area contributed by atoms with Gasteiger partial charge in [0.15, 0.2) is 6.61 Å². The van der Waals surface area contributed by atoms with E-state index in [0.29, 0.717) is 24.5 Å². The molecule has 1 aromatic rings. The van der Waals surface area contributed by atoms with Crippen molar-refractivity contribution in [3.8, 4) is 5.75 Å². The number of nitrogens with zero attached hydrogens (tertiary/aromatic N) is 1. The molecule has 0 atom stereocenters. The van der Waals surface area contributed by atoms with Crippen molar-refractivity contribution in [1.29, 1.82) is 0 Å². The van der Waals surface area contributed by atoms with Crippen LogP contribution in [0.15, 0.2) is 18.2 Å². The Morgan fingerprint density at radius 1 is 1.47 bits per heavy atom. The van der Waals surface area contributed by atoms with Gasteiger partial charge in [0.2, 0.25) is 0 Å². The van der Waals surface area contributed by atoms with Gasteiger partial charge in [-0.1, -0.05) is 0 Å². The number of anilines is 2. The molecule has 1 aromatic carbocycles. The van der Waals surface area contributed by atoms with Crippen molar-refractivity contribution in [1.82, 2.24) is 0 Å². The number of nitrogen functional groups attached to an aromatic ring is 1. The summed E-state index contributed by atoms with van der Waals surface area (Å²) in [5, 5.41) is 0. The number of hydrogen-bond donors (Lipinski definition) is 2. The van der Waals surface area contributed by atoms with Gasteiger partial charge in [-0.05, 0) is 12.1 Å². The molecule has 15 heavy (non-hydrogen) atoms. The number of ether oxygens (including phenoxy) is 1.